The number of hydrogen-bond donors (Lipinski definition) is 2. The first-order chi connectivity index (χ1) is 13.1. The zero-order valence-electron chi connectivity index (χ0n) is 16.0. The molecule has 2 aliphatic carbocycles. The Morgan fingerprint density at radius 1 is 0.963 bits per heavy atom. The summed E-state index contributed by atoms with van der Waals surface area (Å²) in [5, 5.41) is 3.00. The van der Waals surface area contributed by atoms with Gasteiger partial charge in [0.05, 0.1) is 5.92 Å². The third kappa shape index (κ3) is 4.03. The lowest BCUT2D eigenvalue weighted by Crippen LogP contribution is -2.51. The van der Waals surface area contributed by atoms with E-state index in [2.05, 4.69) is 5.32 Å². The van der Waals surface area contributed by atoms with Gasteiger partial charge in [-0.1, -0.05) is 24.6 Å². The lowest BCUT2D eigenvalue weighted by atomic mass is 9.65. The number of anilines is 1. The minimum Gasteiger partial charge on any atom is -0.342 e. The van der Waals surface area contributed by atoms with Gasteiger partial charge in [0.1, 0.15) is 0 Å². The maximum absolute atomic E-state index is 13.2. The Hall–Kier alpha value is -1.88. The van der Waals surface area contributed by atoms with Gasteiger partial charge in [0.25, 0.3) is 0 Å². The number of para-hydroxylation sites is 1. The van der Waals surface area contributed by atoms with E-state index in [0.29, 0.717) is 18.4 Å². The summed E-state index contributed by atoms with van der Waals surface area (Å²) in [6, 6.07) is 9.84. The molecule has 2 amide bonds. The molecule has 0 radical (unpaired) electrons. The van der Waals surface area contributed by atoms with Gasteiger partial charge in [-0.05, 0) is 62.5 Å². The molecule has 5 nitrogen and oxygen atoms in total. The summed E-state index contributed by atoms with van der Waals surface area (Å²) in [5.41, 5.74) is 7.20. The van der Waals surface area contributed by atoms with Crippen molar-refractivity contribution in [2.45, 2.75) is 51.0 Å². The summed E-state index contributed by atoms with van der Waals surface area (Å²) >= 11 is 0. The van der Waals surface area contributed by atoms with Gasteiger partial charge < -0.3 is 16.0 Å². The molecule has 1 saturated heterocycles. The molecule has 0 aromatic heterocycles. The summed E-state index contributed by atoms with van der Waals surface area (Å²) in [5.74, 6) is 1.29. The van der Waals surface area contributed by atoms with Crippen molar-refractivity contribution in [2.24, 2.45) is 29.4 Å². The molecule has 5 heteroatoms. The zero-order valence-corrected chi connectivity index (χ0v) is 16.0. The molecule has 1 aromatic rings. The molecular formula is C22H31N3O2. The van der Waals surface area contributed by atoms with E-state index < -0.39 is 0 Å². The summed E-state index contributed by atoms with van der Waals surface area (Å²) in [4.78, 5) is 27.8. The fraction of sp³-hybridized carbons (Fsp3) is 0.636. The summed E-state index contributed by atoms with van der Waals surface area (Å²) < 4.78 is 0. The second-order valence-corrected chi connectivity index (χ2v) is 8.68. The van der Waals surface area contributed by atoms with E-state index in [1.54, 1.807) is 0 Å². The number of likely N-dealkylation sites (tertiary alicyclic amines) is 1. The van der Waals surface area contributed by atoms with Crippen molar-refractivity contribution < 1.29 is 9.59 Å². The monoisotopic (exact) mass is 369 g/mol. The largest absolute Gasteiger partial charge is 0.342 e. The van der Waals surface area contributed by atoms with Crippen molar-refractivity contribution in [3.8, 4) is 0 Å². The van der Waals surface area contributed by atoms with Crippen LogP contribution in [0.15, 0.2) is 30.3 Å². The molecule has 146 valence electrons. The molecule has 3 atom stereocenters. The van der Waals surface area contributed by atoms with Gasteiger partial charge in [0.15, 0.2) is 0 Å². The number of piperidine rings is 1. The molecule has 2 bridgehead atoms. The highest BCUT2D eigenvalue weighted by Crippen LogP contribution is 2.42. The number of amides is 2. The molecule has 1 aromatic carbocycles. The van der Waals surface area contributed by atoms with Crippen LogP contribution in [0.4, 0.5) is 5.69 Å². The fourth-order valence-electron chi connectivity index (χ4n) is 5.41. The van der Waals surface area contributed by atoms with Gasteiger partial charge in [-0.15, -0.1) is 0 Å². The molecule has 3 N–H and O–H groups in total. The Morgan fingerprint density at radius 3 is 2.37 bits per heavy atom. The number of nitrogens with one attached hydrogen (secondary N) is 1. The van der Waals surface area contributed by atoms with Gasteiger partial charge in [-0.3, -0.25) is 9.59 Å². The molecular weight excluding hydrogens is 338 g/mol. The first-order valence-corrected chi connectivity index (χ1v) is 10.5. The van der Waals surface area contributed by atoms with Crippen LogP contribution in [0.1, 0.15) is 44.9 Å². The fourth-order valence-corrected chi connectivity index (χ4v) is 5.41. The quantitative estimate of drug-likeness (QED) is 0.860. The topological polar surface area (TPSA) is 75.4 Å². The number of rotatable bonds is 3. The maximum atomic E-state index is 13.2. The molecule has 4 rings (SSSR count). The predicted molar refractivity (Wildman–Crippen MR) is 106 cm³/mol. The van der Waals surface area contributed by atoms with Crippen LogP contribution in [-0.2, 0) is 9.59 Å². The Morgan fingerprint density at radius 2 is 1.67 bits per heavy atom. The average Bonchev–Trinajstić information content (AvgIpc) is 2.68. The van der Waals surface area contributed by atoms with Gasteiger partial charge in [0.2, 0.25) is 11.8 Å². The minimum absolute atomic E-state index is 0.0289. The second-order valence-electron chi connectivity index (χ2n) is 8.68. The van der Waals surface area contributed by atoms with Crippen LogP contribution in [0, 0.1) is 23.7 Å². The standard InChI is InChI=1S/C22H31N3O2/c23-20-15-6-4-7-16(20)13-18(12-15)22(27)25-11-5-8-17(14-25)21(26)24-19-9-2-1-3-10-19/h1-3,9-10,15-18,20H,4-8,11-14,23H2,(H,24,26). The average molecular weight is 370 g/mol. The molecule has 1 heterocycles. The number of nitrogens with zero attached hydrogens (tertiary/aromatic N) is 1. The molecule has 0 spiro atoms. The minimum atomic E-state index is -0.117. The number of hydrogen-bond acceptors (Lipinski definition) is 3. The Kier molecular flexibility index (Phi) is 5.48. The number of carbonyl (C=O) groups is 2. The highest BCUT2D eigenvalue weighted by molar-refractivity contribution is 5.93. The number of carbonyl (C=O) groups excluding carboxylic acids is 2. The van der Waals surface area contributed by atoms with Crippen LogP contribution in [-0.4, -0.2) is 35.8 Å². The Labute approximate surface area is 161 Å². The number of nitrogens with two attached hydrogens (primary N) is 1. The zero-order chi connectivity index (χ0) is 18.8. The van der Waals surface area contributed by atoms with Gasteiger partial charge in [0, 0.05) is 30.7 Å². The van der Waals surface area contributed by atoms with Crippen molar-refractivity contribution >= 4 is 17.5 Å². The molecule has 3 unspecified atom stereocenters. The van der Waals surface area contributed by atoms with Crippen molar-refractivity contribution in [2.75, 3.05) is 18.4 Å². The van der Waals surface area contributed by atoms with Gasteiger partial charge in [-0.2, -0.15) is 0 Å². The van der Waals surface area contributed by atoms with Gasteiger partial charge >= 0.3 is 0 Å². The van der Waals surface area contributed by atoms with Crippen LogP contribution in [0.25, 0.3) is 0 Å². The third-order valence-electron chi connectivity index (χ3n) is 6.91. The predicted octanol–water partition coefficient (Wildman–Crippen LogP) is 3.02. The van der Waals surface area contributed by atoms with E-state index in [1.165, 1.54) is 19.3 Å². The van der Waals surface area contributed by atoms with E-state index in [9.17, 15) is 9.59 Å². The maximum Gasteiger partial charge on any atom is 0.229 e. The lowest BCUT2D eigenvalue weighted by molar-refractivity contribution is -0.141. The SMILES string of the molecule is NC1C2CCCC1CC(C(=O)N1CCCC(C(=O)Nc3ccccc3)C1)C2. The Bertz CT molecular complexity index is 663. The molecule has 3 aliphatic rings. The van der Waals surface area contributed by atoms with E-state index in [0.717, 1.165) is 37.9 Å². The third-order valence-corrected chi connectivity index (χ3v) is 6.91. The molecule has 3 fully saturated rings. The highest BCUT2D eigenvalue weighted by atomic mass is 16.2. The van der Waals surface area contributed by atoms with Crippen molar-refractivity contribution in [3.05, 3.63) is 30.3 Å². The van der Waals surface area contributed by atoms with E-state index in [4.69, 9.17) is 5.73 Å². The van der Waals surface area contributed by atoms with E-state index in [1.807, 2.05) is 35.2 Å². The van der Waals surface area contributed by atoms with Gasteiger partial charge in [-0.25, -0.2) is 0 Å². The van der Waals surface area contributed by atoms with Crippen molar-refractivity contribution in [3.63, 3.8) is 0 Å². The normalized spacial score (nSPS) is 33.4. The van der Waals surface area contributed by atoms with Crippen LogP contribution < -0.4 is 11.1 Å². The van der Waals surface area contributed by atoms with Crippen LogP contribution in [0.5, 0.6) is 0 Å². The van der Waals surface area contributed by atoms with Crippen LogP contribution >= 0.6 is 0 Å². The number of fused-ring (bicyclic) bond motifs is 2. The Balaban J connectivity index is 1.36. The lowest BCUT2D eigenvalue weighted by Gasteiger charge is -2.45. The smallest absolute Gasteiger partial charge is 0.229 e. The van der Waals surface area contributed by atoms with Crippen LogP contribution in [0.2, 0.25) is 0 Å². The van der Waals surface area contributed by atoms with Crippen molar-refractivity contribution in [1.29, 1.82) is 0 Å². The first kappa shape index (κ1) is 18.5. The first-order valence-electron chi connectivity index (χ1n) is 10.5. The number of benzene rings is 1. The van der Waals surface area contributed by atoms with E-state index >= 15 is 0 Å². The highest BCUT2D eigenvalue weighted by Gasteiger charge is 2.42. The van der Waals surface area contributed by atoms with Crippen LogP contribution in [0.3, 0.4) is 0 Å². The molecule has 2 saturated carbocycles. The summed E-state index contributed by atoms with van der Waals surface area (Å²) in [6.07, 6.45) is 7.23. The van der Waals surface area contributed by atoms with E-state index in [-0.39, 0.29) is 29.7 Å². The molecule has 27 heavy (non-hydrogen) atoms. The molecule has 1 aliphatic heterocycles. The summed E-state index contributed by atoms with van der Waals surface area (Å²) in [7, 11) is 0. The second kappa shape index (κ2) is 8.01. The summed E-state index contributed by atoms with van der Waals surface area (Å²) in [6.45, 7) is 1.33. The van der Waals surface area contributed by atoms with Crippen molar-refractivity contribution in [1.82, 2.24) is 4.90 Å².